The summed E-state index contributed by atoms with van der Waals surface area (Å²) < 4.78 is 70.2. The van der Waals surface area contributed by atoms with Crippen molar-refractivity contribution in [2.45, 2.75) is 44.5 Å². The number of aromatic nitrogens is 5. The van der Waals surface area contributed by atoms with E-state index in [1.54, 1.807) is 6.92 Å². The van der Waals surface area contributed by atoms with Crippen LogP contribution in [0.15, 0.2) is 35.3 Å². The molecule has 0 aliphatic heterocycles. The standard InChI is InChI=1S/C20H16BrF5N6O2/c1-9(15-30-17(21)31-32(15)19-27-7-14(8-28-19)34-18(22)23)29-16(33)12-4-11(10-2-3-10)5-13(6-12)20(24,25)26/h4-10,18H,2-3H2,1H3,(H,29,33). The molecule has 0 radical (unpaired) electrons. The van der Waals surface area contributed by atoms with Crippen LogP contribution in [0.5, 0.6) is 5.75 Å². The third-order valence-electron chi connectivity index (χ3n) is 4.96. The average molecular weight is 547 g/mol. The Morgan fingerprint density at radius 1 is 1.21 bits per heavy atom. The summed E-state index contributed by atoms with van der Waals surface area (Å²) in [5.41, 5.74) is -0.545. The Bertz CT molecular complexity index is 1200. The largest absolute Gasteiger partial charge is 0.432 e. The van der Waals surface area contributed by atoms with Crippen molar-refractivity contribution in [3.8, 4) is 11.7 Å². The molecule has 0 spiro atoms. The molecule has 1 amide bonds. The first-order chi connectivity index (χ1) is 16.0. The lowest BCUT2D eigenvalue weighted by Crippen LogP contribution is -2.29. The van der Waals surface area contributed by atoms with Gasteiger partial charge in [0.25, 0.3) is 11.9 Å². The van der Waals surface area contributed by atoms with E-state index < -0.39 is 30.3 Å². The zero-order valence-electron chi connectivity index (χ0n) is 17.4. The molecule has 34 heavy (non-hydrogen) atoms. The van der Waals surface area contributed by atoms with Gasteiger partial charge in [-0.2, -0.15) is 26.6 Å². The molecular weight excluding hydrogens is 531 g/mol. The molecule has 3 aromatic rings. The quantitative estimate of drug-likeness (QED) is 0.427. The minimum atomic E-state index is -4.59. The summed E-state index contributed by atoms with van der Waals surface area (Å²) in [7, 11) is 0. The number of nitrogens with one attached hydrogen (secondary N) is 1. The van der Waals surface area contributed by atoms with Gasteiger partial charge in [-0.05, 0) is 65.4 Å². The van der Waals surface area contributed by atoms with Crippen LogP contribution in [0.4, 0.5) is 22.0 Å². The molecule has 1 saturated carbocycles. The number of hydrogen-bond donors (Lipinski definition) is 1. The molecule has 0 bridgehead atoms. The van der Waals surface area contributed by atoms with Gasteiger partial charge in [0.15, 0.2) is 11.6 Å². The highest BCUT2D eigenvalue weighted by Gasteiger charge is 2.34. The van der Waals surface area contributed by atoms with E-state index in [4.69, 9.17) is 0 Å². The maximum absolute atomic E-state index is 13.3. The summed E-state index contributed by atoms with van der Waals surface area (Å²) in [4.78, 5) is 24.8. The number of alkyl halides is 5. The fourth-order valence-corrected chi connectivity index (χ4v) is 3.59. The summed E-state index contributed by atoms with van der Waals surface area (Å²) in [6.45, 7) is -1.49. The van der Waals surface area contributed by atoms with E-state index in [1.807, 2.05) is 0 Å². The van der Waals surface area contributed by atoms with Crippen molar-refractivity contribution in [1.82, 2.24) is 30.0 Å². The van der Waals surface area contributed by atoms with Gasteiger partial charge in [-0.25, -0.2) is 15.0 Å². The second-order valence-corrected chi connectivity index (χ2v) is 8.27. The molecule has 180 valence electrons. The van der Waals surface area contributed by atoms with Crippen LogP contribution in [0.1, 0.15) is 59.0 Å². The molecule has 1 atom stereocenters. The lowest BCUT2D eigenvalue weighted by molar-refractivity contribution is -0.137. The third-order valence-corrected chi connectivity index (χ3v) is 5.30. The van der Waals surface area contributed by atoms with Crippen molar-refractivity contribution in [2.24, 2.45) is 0 Å². The third kappa shape index (κ3) is 5.48. The van der Waals surface area contributed by atoms with Crippen molar-refractivity contribution in [3.63, 3.8) is 0 Å². The van der Waals surface area contributed by atoms with Crippen LogP contribution in [0.2, 0.25) is 0 Å². The van der Waals surface area contributed by atoms with Crippen molar-refractivity contribution < 1.29 is 31.5 Å². The average Bonchev–Trinajstić information content (AvgIpc) is 3.54. The van der Waals surface area contributed by atoms with E-state index in [0.29, 0.717) is 5.56 Å². The molecular formula is C20H16BrF5N6O2. The molecule has 1 N–H and O–H groups in total. The van der Waals surface area contributed by atoms with E-state index in [9.17, 15) is 26.7 Å². The summed E-state index contributed by atoms with van der Waals surface area (Å²) in [6, 6.07) is 2.51. The summed E-state index contributed by atoms with van der Waals surface area (Å²) in [6.07, 6.45) is -1.01. The minimum absolute atomic E-state index is 0.0134. The number of amides is 1. The lowest BCUT2D eigenvalue weighted by Gasteiger charge is -2.16. The number of halogens is 6. The fraction of sp³-hybridized carbons (Fsp3) is 0.350. The normalized spacial score (nSPS) is 14.8. The van der Waals surface area contributed by atoms with Crippen LogP contribution in [-0.4, -0.2) is 37.3 Å². The summed E-state index contributed by atoms with van der Waals surface area (Å²) in [5, 5.41) is 6.68. The van der Waals surface area contributed by atoms with Gasteiger partial charge in [-0.15, -0.1) is 5.10 Å². The molecule has 4 rings (SSSR count). The summed E-state index contributed by atoms with van der Waals surface area (Å²) >= 11 is 3.11. The smallest absolute Gasteiger partial charge is 0.416 e. The van der Waals surface area contributed by atoms with Gasteiger partial charge in [0.2, 0.25) is 4.73 Å². The molecule has 1 fully saturated rings. The van der Waals surface area contributed by atoms with Crippen LogP contribution in [0.3, 0.4) is 0 Å². The van der Waals surface area contributed by atoms with E-state index in [1.165, 1.54) is 6.07 Å². The number of benzene rings is 1. The first-order valence-electron chi connectivity index (χ1n) is 9.94. The van der Waals surface area contributed by atoms with Crippen molar-refractivity contribution in [2.75, 3.05) is 0 Å². The van der Waals surface area contributed by atoms with Crippen LogP contribution >= 0.6 is 15.9 Å². The molecule has 1 aromatic carbocycles. The molecule has 1 unspecified atom stereocenters. The maximum atomic E-state index is 13.3. The summed E-state index contributed by atoms with van der Waals surface area (Å²) in [5.74, 6) is -0.882. The lowest BCUT2D eigenvalue weighted by atomic mass is 10.0. The Kier molecular flexibility index (Phi) is 6.51. The minimum Gasteiger partial charge on any atom is -0.432 e. The van der Waals surface area contributed by atoms with Gasteiger partial charge in [-0.1, -0.05) is 0 Å². The number of carbonyl (C=O) groups excluding carboxylic acids is 1. The Morgan fingerprint density at radius 3 is 2.47 bits per heavy atom. The fourth-order valence-electron chi connectivity index (χ4n) is 3.25. The highest BCUT2D eigenvalue weighted by atomic mass is 79.9. The van der Waals surface area contributed by atoms with Crippen LogP contribution < -0.4 is 10.1 Å². The zero-order chi connectivity index (χ0) is 24.6. The van der Waals surface area contributed by atoms with Crippen LogP contribution in [0.25, 0.3) is 5.95 Å². The van der Waals surface area contributed by atoms with Gasteiger partial charge in [0, 0.05) is 5.56 Å². The Balaban J connectivity index is 1.57. The number of nitrogens with zero attached hydrogens (tertiary/aromatic N) is 5. The SMILES string of the molecule is CC(NC(=O)c1cc(C2CC2)cc(C(F)(F)F)c1)c1nc(Br)nn1-c1ncc(OC(F)F)cn1. The number of ether oxygens (including phenoxy) is 1. The highest BCUT2D eigenvalue weighted by Crippen LogP contribution is 2.42. The van der Waals surface area contributed by atoms with Gasteiger partial charge < -0.3 is 10.1 Å². The van der Waals surface area contributed by atoms with Crippen LogP contribution in [0, 0.1) is 0 Å². The number of carbonyl (C=O) groups is 1. The molecule has 2 heterocycles. The highest BCUT2D eigenvalue weighted by molar-refractivity contribution is 9.10. The molecule has 0 saturated heterocycles. The second-order valence-electron chi connectivity index (χ2n) is 7.56. The molecule has 8 nitrogen and oxygen atoms in total. The van der Waals surface area contributed by atoms with E-state index in [0.717, 1.165) is 42.0 Å². The molecule has 1 aliphatic rings. The first kappa shape index (κ1) is 24.0. The molecule has 2 aromatic heterocycles. The van der Waals surface area contributed by atoms with Crippen molar-refractivity contribution in [1.29, 1.82) is 0 Å². The van der Waals surface area contributed by atoms with Gasteiger partial charge in [-0.3, -0.25) is 4.79 Å². The van der Waals surface area contributed by atoms with Crippen molar-refractivity contribution in [3.05, 3.63) is 57.8 Å². The Labute approximate surface area is 197 Å². The maximum Gasteiger partial charge on any atom is 0.416 e. The second kappa shape index (κ2) is 9.24. The Morgan fingerprint density at radius 2 is 1.88 bits per heavy atom. The zero-order valence-corrected chi connectivity index (χ0v) is 18.9. The van der Waals surface area contributed by atoms with Gasteiger partial charge >= 0.3 is 12.8 Å². The van der Waals surface area contributed by atoms with Gasteiger partial charge in [0.05, 0.1) is 24.0 Å². The monoisotopic (exact) mass is 546 g/mol. The molecule has 1 aliphatic carbocycles. The number of hydrogen-bond acceptors (Lipinski definition) is 6. The van der Waals surface area contributed by atoms with Crippen molar-refractivity contribution >= 4 is 21.8 Å². The van der Waals surface area contributed by atoms with E-state index >= 15 is 0 Å². The van der Waals surface area contributed by atoms with Crippen LogP contribution in [-0.2, 0) is 6.18 Å². The predicted molar refractivity (Wildman–Crippen MR) is 111 cm³/mol. The topological polar surface area (TPSA) is 94.8 Å². The molecule has 14 heteroatoms. The van der Waals surface area contributed by atoms with E-state index in [-0.39, 0.29) is 33.7 Å². The van der Waals surface area contributed by atoms with E-state index in [2.05, 4.69) is 46.0 Å². The Hall–Kier alpha value is -3.16. The first-order valence-corrected chi connectivity index (χ1v) is 10.7. The van der Waals surface area contributed by atoms with Gasteiger partial charge in [0.1, 0.15) is 0 Å². The predicted octanol–water partition coefficient (Wildman–Crippen LogP) is 4.81. The number of rotatable bonds is 7.